The molecule has 0 aromatic carbocycles. The topological polar surface area (TPSA) is 60.2 Å². The second-order valence-corrected chi connectivity index (χ2v) is 5.11. The third-order valence-electron chi connectivity index (χ3n) is 3.90. The summed E-state index contributed by atoms with van der Waals surface area (Å²) < 4.78 is 5.79. The van der Waals surface area contributed by atoms with Crippen LogP contribution in [0.4, 0.5) is 5.82 Å². The lowest BCUT2D eigenvalue weighted by atomic mass is 9.68. The SMILES string of the molecule is Cc1ccc(NC2C(N)C3CCCOC32)nc1. The van der Waals surface area contributed by atoms with Gasteiger partial charge in [0.2, 0.25) is 0 Å². The largest absolute Gasteiger partial charge is 0.376 e. The predicted octanol–water partition coefficient (Wildman–Crippen LogP) is 1.31. The number of hydrogen-bond donors (Lipinski definition) is 2. The molecule has 1 aromatic rings. The smallest absolute Gasteiger partial charge is 0.126 e. The number of aromatic nitrogens is 1. The van der Waals surface area contributed by atoms with Crippen molar-refractivity contribution in [1.29, 1.82) is 0 Å². The first-order valence-electron chi connectivity index (χ1n) is 6.32. The van der Waals surface area contributed by atoms with E-state index in [1.54, 1.807) is 0 Å². The Kier molecular flexibility index (Phi) is 2.76. The Labute approximate surface area is 102 Å². The van der Waals surface area contributed by atoms with Gasteiger partial charge in [-0.25, -0.2) is 4.98 Å². The Balaban J connectivity index is 1.67. The average Bonchev–Trinajstić information content (AvgIpc) is 2.37. The van der Waals surface area contributed by atoms with Gasteiger partial charge in [-0.05, 0) is 31.4 Å². The van der Waals surface area contributed by atoms with E-state index in [4.69, 9.17) is 10.5 Å². The van der Waals surface area contributed by atoms with E-state index in [1.165, 1.54) is 12.0 Å². The molecule has 92 valence electrons. The Bertz CT molecular complexity index is 392. The van der Waals surface area contributed by atoms with Crippen LogP contribution in [0.25, 0.3) is 0 Å². The highest BCUT2D eigenvalue weighted by Gasteiger charge is 2.50. The fourth-order valence-electron chi connectivity index (χ4n) is 2.85. The Hall–Kier alpha value is -1.13. The Morgan fingerprint density at radius 3 is 3.12 bits per heavy atom. The highest BCUT2D eigenvalue weighted by molar-refractivity contribution is 5.39. The van der Waals surface area contributed by atoms with Gasteiger partial charge in [-0.1, -0.05) is 6.07 Å². The lowest BCUT2D eigenvalue weighted by Gasteiger charge is -2.52. The number of anilines is 1. The van der Waals surface area contributed by atoms with Crippen molar-refractivity contribution < 1.29 is 4.74 Å². The average molecular weight is 233 g/mol. The van der Waals surface area contributed by atoms with Gasteiger partial charge in [0.15, 0.2) is 0 Å². The Morgan fingerprint density at radius 1 is 1.47 bits per heavy atom. The standard InChI is InChI=1S/C13H19N3O/c1-8-4-5-10(15-7-8)16-12-11(14)9-3-2-6-17-13(9)12/h4-5,7,9,11-13H,2-3,6,14H2,1H3,(H,15,16). The molecule has 2 aliphatic rings. The molecule has 4 unspecified atom stereocenters. The lowest BCUT2D eigenvalue weighted by Crippen LogP contribution is -2.69. The van der Waals surface area contributed by atoms with Gasteiger partial charge in [0.05, 0.1) is 12.1 Å². The molecular weight excluding hydrogens is 214 g/mol. The summed E-state index contributed by atoms with van der Waals surface area (Å²) in [7, 11) is 0. The molecular formula is C13H19N3O. The Morgan fingerprint density at radius 2 is 2.35 bits per heavy atom. The van der Waals surface area contributed by atoms with E-state index in [-0.39, 0.29) is 18.2 Å². The van der Waals surface area contributed by atoms with Crippen LogP contribution in [0.5, 0.6) is 0 Å². The van der Waals surface area contributed by atoms with Crippen LogP contribution in [-0.2, 0) is 4.74 Å². The quantitative estimate of drug-likeness (QED) is 0.808. The fourth-order valence-corrected chi connectivity index (χ4v) is 2.85. The normalized spacial score (nSPS) is 35.9. The van der Waals surface area contributed by atoms with Crippen molar-refractivity contribution in [3.8, 4) is 0 Å². The zero-order chi connectivity index (χ0) is 11.8. The summed E-state index contributed by atoms with van der Waals surface area (Å²) in [5.41, 5.74) is 7.35. The molecule has 4 nitrogen and oxygen atoms in total. The number of hydrogen-bond acceptors (Lipinski definition) is 4. The number of ether oxygens (including phenoxy) is 1. The van der Waals surface area contributed by atoms with Crippen molar-refractivity contribution in [3.63, 3.8) is 0 Å². The van der Waals surface area contributed by atoms with Crippen LogP contribution in [0.15, 0.2) is 18.3 Å². The van der Waals surface area contributed by atoms with E-state index in [2.05, 4.69) is 16.4 Å². The molecule has 3 rings (SSSR count). The second-order valence-electron chi connectivity index (χ2n) is 5.11. The van der Waals surface area contributed by atoms with Crippen molar-refractivity contribution in [3.05, 3.63) is 23.9 Å². The maximum Gasteiger partial charge on any atom is 0.126 e. The van der Waals surface area contributed by atoms with Crippen LogP contribution in [-0.4, -0.2) is 29.8 Å². The molecule has 0 amide bonds. The van der Waals surface area contributed by atoms with Crippen LogP contribution >= 0.6 is 0 Å². The van der Waals surface area contributed by atoms with Crippen LogP contribution < -0.4 is 11.1 Å². The zero-order valence-electron chi connectivity index (χ0n) is 10.1. The van der Waals surface area contributed by atoms with Crippen molar-refractivity contribution in [2.75, 3.05) is 11.9 Å². The monoisotopic (exact) mass is 233 g/mol. The van der Waals surface area contributed by atoms with Gasteiger partial charge in [-0.3, -0.25) is 0 Å². The molecule has 3 N–H and O–H groups in total. The summed E-state index contributed by atoms with van der Waals surface area (Å²) in [5.74, 6) is 1.43. The molecule has 2 heterocycles. The van der Waals surface area contributed by atoms with Crippen molar-refractivity contribution >= 4 is 5.82 Å². The van der Waals surface area contributed by atoms with Gasteiger partial charge >= 0.3 is 0 Å². The number of nitrogens with one attached hydrogen (secondary N) is 1. The summed E-state index contributed by atoms with van der Waals surface area (Å²) in [4.78, 5) is 4.35. The van der Waals surface area contributed by atoms with Crippen molar-refractivity contribution in [1.82, 2.24) is 4.98 Å². The molecule has 17 heavy (non-hydrogen) atoms. The number of nitrogens with zero attached hydrogens (tertiary/aromatic N) is 1. The van der Waals surface area contributed by atoms with E-state index in [1.807, 2.05) is 19.2 Å². The summed E-state index contributed by atoms with van der Waals surface area (Å²) in [6.45, 7) is 2.90. The summed E-state index contributed by atoms with van der Waals surface area (Å²) in [5, 5.41) is 3.39. The molecule has 1 aliphatic heterocycles. The van der Waals surface area contributed by atoms with Gasteiger partial charge in [-0.15, -0.1) is 0 Å². The van der Waals surface area contributed by atoms with E-state index in [0.717, 1.165) is 18.8 Å². The van der Waals surface area contributed by atoms with Crippen molar-refractivity contribution in [2.45, 2.75) is 38.0 Å². The van der Waals surface area contributed by atoms with E-state index in [9.17, 15) is 0 Å². The summed E-state index contributed by atoms with van der Waals surface area (Å²) in [6, 6.07) is 4.47. The molecule has 1 saturated carbocycles. The van der Waals surface area contributed by atoms with E-state index >= 15 is 0 Å². The molecule has 1 saturated heterocycles. The maximum absolute atomic E-state index is 6.18. The third kappa shape index (κ3) is 1.91. The number of fused-ring (bicyclic) bond motifs is 1. The van der Waals surface area contributed by atoms with E-state index < -0.39 is 0 Å². The highest BCUT2D eigenvalue weighted by Crippen LogP contribution is 2.38. The number of nitrogens with two attached hydrogens (primary N) is 1. The van der Waals surface area contributed by atoms with Gasteiger partial charge in [-0.2, -0.15) is 0 Å². The van der Waals surface area contributed by atoms with Gasteiger partial charge < -0.3 is 15.8 Å². The first-order valence-corrected chi connectivity index (χ1v) is 6.32. The highest BCUT2D eigenvalue weighted by atomic mass is 16.5. The minimum Gasteiger partial charge on any atom is -0.376 e. The molecule has 0 radical (unpaired) electrons. The minimum absolute atomic E-state index is 0.198. The van der Waals surface area contributed by atoms with Crippen LogP contribution in [0.1, 0.15) is 18.4 Å². The summed E-state index contributed by atoms with van der Waals surface area (Å²) in [6.07, 6.45) is 4.49. The molecule has 0 bridgehead atoms. The molecule has 2 fully saturated rings. The van der Waals surface area contributed by atoms with Crippen LogP contribution in [0.3, 0.4) is 0 Å². The third-order valence-corrected chi connectivity index (χ3v) is 3.90. The number of pyridine rings is 1. The van der Waals surface area contributed by atoms with Gasteiger partial charge in [0.1, 0.15) is 5.82 Å². The summed E-state index contributed by atoms with van der Waals surface area (Å²) >= 11 is 0. The predicted molar refractivity (Wildman–Crippen MR) is 66.8 cm³/mol. The number of aryl methyl sites for hydroxylation is 1. The molecule has 4 atom stereocenters. The van der Waals surface area contributed by atoms with Crippen molar-refractivity contribution in [2.24, 2.45) is 11.7 Å². The van der Waals surface area contributed by atoms with E-state index in [0.29, 0.717) is 5.92 Å². The van der Waals surface area contributed by atoms with Gasteiger partial charge in [0, 0.05) is 24.8 Å². The van der Waals surface area contributed by atoms with Crippen LogP contribution in [0.2, 0.25) is 0 Å². The van der Waals surface area contributed by atoms with Crippen LogP contribution in [0, 0.1) is 12.8 Å². The maximum atomic E-state index is 6.18. The fraction of sp³-hybridized carbons (Fsp3) is 0.615. The number of rotatable bonds is 2. The second kappa shape index (κ2) is 4.27. The molecule has 0 spiro atoms. The molecule has 1 aromatic heterocycles. The zero-order valence-corrected chi connectivity index (χ0v) is 10.1. The molecule has 1 aliphatic carbocycles. The lowest BCUT2D eigenvalue weighted by molar-refractivity contribution is -0.104. The van der Waals surface area contributed by atoms with Gasteiger partial charge in [0.25, 0.3) is 0 Å². The molecule has 4 heteroatoms. The minimum atomic E-state index is 0.198. The first-order chi connectivity index (χ1) is 8.25. The first kappa shape index (κ1) is 11.0.